The number of esters is 1. The van der Waals surface area contributed by atoms with Gasteiger partial charge >= 0.3 is 12.0 Å². The minimum absolute atomic E-state index is 0.0103. The van der Waals surface area contributed by atoms with Crippen LogP contribution in [-0.2, 0) is 22.7 Å². The second kappa shape index (κ2) is 9.62. The quantitative estimate of drug-likeness (QED) is 0.315. The lowest BCUT2D eigenvalue weighted by Crippen LogP contribution is -2.30. The molecule has 1 aliphatic rings. The number of amides is 3. The first-order chi connectivity index (χ1) is 15.9. The van der Waals surface area contributed by atoms with Gasteiger partial charge < -0.3 is 19.2 Å². The normalized spacial score (nSPS) is 14.5. The summed E-state index contributed by atoms with van der Waals surface area (Å²) in [6.45, 7) is 0.167. The topological polar surface area (TPSA) is 98.1 Å². The van der Waals surface area contributed by atoms with E-state index in [1.54, 1.807) is 36.4 Å². The number of carbonyl (C=O) groups excluding carboxylic acids is 3. The molecule has 3 aromatic rings. The highest BCUT2D eigenvalue weighted by atomic mass is 35.5. The average molecular weight is 467 g/mol. The van der Waals surface area contributed by atoms with Gasteiger partial charge in [-0.2, -0.15) is 0 Å². The molecule has 8 nitrogen and oxygen atoms in total. The van der Waals surface area contributed by atoms with Gasteiger partial charge in [0, 0.05) is 10.6 Å². The van der Waals surface area contributed by atoms with Crippen molar-refractivity contribution in [3.8, 4) is 5.75 Å². The first-order valence-electron chi connectivity index (χ1n) is 9.92. The predicted octanol–water partition coefficient (Wildman–Crippen LogP) is 4.39. The van der Waals surface area contributed by atoms with Crippen LogP contribution in [0.1, 0.15) is 27.4 Å². The molecule has 0 atom stereocenters. The zero-order valence-electron chi connectivity index (χ0n) is 17.5. The number of nitrogens with zero attached hydrogens (tertiary/aromatic N) is 1. The van der Waals surface area contributed by atoms with Gasteiger partial charge in [0.25, 0.3) is 5.91 Å². The van der Waals surface area contributed by atoms with Crippen molar-refractivity contribution in [1.82, 2.24) is 10.2 Å². The van der Waals surface area contributed by atoms with Crippen LogP contribution in [0.4, 0.5) is 4.79 Å². The molecular formula is C24H19ClN2O6. The lowest BCUT2D eigenvalue weighted by atomic mass is 10.1. The van der Waals surface area contributed by atoms with Gasteiger partial charge in [0.05, 0.1) is 13.7 Å². The van der Waals surface area contributed by atoms with Crippen molar-refractivity contribution in [2.24, 2.45) is 0 Å². The van der Waals surface area contributed by atoms with E-state index >= 15 is 0 Å². The summed E-state index contributed by atoms with van der Waals surface area (Å²) in [5.41, 5.74) is 1.64. The van der Waals surface area contributed by atoms with E-state index in [1.165, 1.54) is 19.2 Å². The van der Waals surface area contributed by atoms with Crippen LogP contribution in [-0.4, -0.2) is 29.9 Å². The van der Waals surface area contributed by atoms with E-state index in [4.69, 9.17) is 20.8 Å². The zero-order valence-corrected chi connectivity index (χ0v) is 18.3. The summed E-state index contributed by atoms with van der Waals surface area (Å²) in [6, 6.07) is 16.8. The third-order valence-corrected chi connectivity index (χ3v) is 5.21. The first kappa shape index (κ1) is 22.2. The number of benzene rings is 2. The smallest absolute Gasteiger partial charge is 0.373 e. The lowest BCUT2D eigenvalue weighted by Gasteiger charge is -2.09. The fraction of sp³-hybridized carbons (Fsp3) is 0.125. The van der Waals surface area contributed by atoms with E-state index in [9.17, 15) is 14.4 Å². The number of hydrogen-bond donors (Lipinski definition) is 1. The molecule has 0 aliphatic carbocycles. The van der Waals surface area contributed by atoms with E-state index in [0.29, 0.717) is 22.9 Å². The molecule has 0 radical (unpaired) electrons. The molecule has 0 bridgehead atoms. The number of ether oxygens (including phenoxy) is 2. The molecule has 1 N–H and O–H groups in total. The monoisotopic (exact) mass is 466 g/mol. The van der Waals surface area contributed by atoms with E-state index in [1.807, 2.05) is 18.2 Å². The van der Waals surface area contributed by atoms with Gasteiger partial charge in [0.1, 0.15) is 23.8 Å². The molecule has 1 saturated heterocycles. The van der Waals surface area contributed by atoms with Crippen molar-refractivity contribution in [3.63, 3.8) is 0 Å². The number of urea groups is 1. The number of carbonyl (C=O) groups is 3. The number of furan rings is 1. The Morgan fingerprint density at radius 1 is 1.12 bits per heavy atom. The largest absolute Gasteiger partial charge is 0.489 e. The molecule has 3 amide bonds. The van der Waals surface area contributed by atoms with Gasteiger partial charge in [-0.05, 0) is 42.0 Å². The number of imide groups is 1. The van der Waals surface area contributed by atoms with Gasteiger partial charge in [-0.15, -0.1) is 0 Å². The van der Waals surface area contributed by atoms with Crippen molar-refractivity contribution < 1.29 is 28.3 Å². The van der Waals surface area contributed by atoms with Gasteiger partial charge in [0.15, 0.2) is 0 Å². The summed E-state index contributed by atoms with van der Waals surface area (Å²) < 4.78 is 15.7. The highest BCUT2D eigenvalue weighted by Gasteiger charge is 2.34. The molecule has 1 aliphatic heterocycles. The fourth-order valence-electron chi connectivity index (χ4n) is 3.18. The molecule has 1 fully saturated rings. The van der Waals surface area contributed by atoms with Crippen LogP contribution in [0, 0.1) is 0 Å². The van der Waals surface area contributed by atoms with Gasteiger partial charge in [-0.3, -0.25) is 9.69 Å². The van der Waals surface area contributed by atoms with Crippen LogP contribution in [0.15, 0.2) is 70.8 Å². The number of rotatable bonds is 7. The van der Waals surface area contributed by atoms with Gasteiger partial charge in [-0.1, -0.05) is 41.9 Å². The van der Waals surface area contributed by atoms with E-state index in [0.717, 1.165) is 10.5 Å². The molecule has 0 saturated carbocycles. The Morgan fingerprint density at radius 2 is 1.94 bits per heavy atom. The third-order valence-electron chi connectivity index (χ3n) is 4.85. The van der Waals surface area contributed by atoms with Crippen molar-refractivity contribution in [2.45, 2.75) is 13.2 Å². The molecule has 0 spiro atoms. The Bertz CT molecular complexity index is 1250. The van der Waals surface area contributed by atoms with Crippen LogP contribution < -0.4 is 10.1 Å². The third kappa shape index (κ3) is 5.07. The number of hydrogen-bond acceptors (Lipinski definition) is 6. The van der Waals surface area contributed by atoms with Crippen molar-refractivity contribution in [3.05, 3.63) is 94.0 Å². The maximum absolute atomic E-state index is 12.7. The van der Waals surface area contributed by atoms with Crippen LogP contribution in [0.25, 0.3) is 6.08 Å². The molecule has 1 aromatic heterocycles. The van der Waals surface area contributed by atoms with Gasteiger partial charge in [-0.25, -0.2) is 9.59 Å². The Labute approximate surface area is 194 Å². The molecule has 33 heavy (non-hydrogen) atoms. The zero-order chi connectivity index (χ0) is 23.4. The molecular weight excluding hydrogens is 448 g/mol. The van der Waals surface area contributed by atoms with E-state index in [-0.39, 0.29) is 23.8 Å². The highest BCUT2D eigenvalue weighted by Crippen LogP contribution is 2.22. The molecule has 2 aromatic carbocycles. The standard InChI is InChI=1S/C24H19ClN2O6/c1-31-23(29)21-10-9-18(33-21)13-27-22(28)20(26-24(27)30)12-15-5-4-7-17(11-15)32-14-16-6-2-3-8-19(16)25/h2-12H,13-14H2,1H3,(H,26,30)/b20-12-. The minimum Gasteiger partial charge on any atom is -0.489 e. The van der Waals surface area contributed by atoms with Crippen LogP contribution in [0.2, 0.25) is 5.02 Å². The Morgan fingerprint density at radius 3 is 2.73 bits per heavy atom. The summed E-state index contributed by atoms with van der Waals surface area (Å²) in [6.07, 6.45) is 1.56. The predicted molar refractivity (Wildman–Crippen MR) is 119 cm³/mol. The Balaban J connectivity index is 1.45. The fourth-order valence-corrected chi connectivity index (χ4v) is 3.37. The molecule has 0 unspecified atom stereocenters. The summed E-state index contributed by atoms with van der Waals surface area (Å²) in [7, 11) is 1.23. The minimum atomic E-state index is -0.643. The van der Waals surface area contributed by atoms with E-state index in [2.05, 4.69) is 10.1 Å². The average Bonchev–Trinajstić information content (AvgIpc) is 3.39. The van der Waals surface area contributed by atoms with Gasteiger partial charge in [0.2, 0.25) is 5.76 Å². The number of nitrogens with one attached hydrogen (secondary N) is 1. The summed E-state index contributed by atoms with van der Waals surface area (Å²) in [5, 5.41) is 3.17. The Kier molecular flexibility index (Phi) is 6.46. The van der Waals surface area contributed by atoms with E-state index < -0.39 is 17.9 Å². The van der Waals surface area contributed by atoms with Crippen LogP contribution >= 0.6 is 11.6 Å². The summed E-state index contributed by atoms with van der Waals surface area (Å²) in [4.78, 5) is 37.6. The Hall–Kier alpha value is -4.04. The summed E-state index contributed by atoms with van der Waals surface area (Å²) in [5.74, 6) is -0.308. The maximum Gasteiger partial charge on any atom is 0.373 e. The summed E-state index contributed by atoms with van der Waals surface area (Å²) >= 11 is 6.16. The first-order valence-corrected chi connectivity index (χ1v) is 10.3. The van der Waals surface area contributed by atoms with Crippen LogP contribution in [0.3, 0.4) is 0 Å². The molecule has 2 heterocycles. The highest BCUT2D eigenvalue weighted by molar-refractivity contribution is 6.31. The second-order valence-electron chi connectivity index (χ2n) is 7.09. The van der Waals surface area contributed by atoms with Crippen LogP contribution in [0.5, 0.6) is 5.75 Å². The molecule has 9 heteroatoms. The second-order valence-corrected chi connectivity index (χ2v) is 7.50. The maximum atomic E-state index is 12.7. The number of methoxy groups -OCH3 is 1. The molecule has 4 rings (SSSR count). The van der Waals surface area contributed by atoms with Crippen molar-refractivity contribution in [2.75, 3.05) is 7.11 Å². The molecule has 168 valence electrons. The SMILES string of the molecule is COC(=O)c1ccc(CN2C(=O)N/C(=C\c3cccc(OCc4ccccc4Cl)c3)C2=O)o1. The van der Waals surface area contributed by atoms with Crippen molar-refractivity contribution in [1.29, 1.82) is 0 Å². The van der Waals surface area contributed by atoms with Crippen molar-refractivity contribution >= 4 is 35.6 Å². The number of halogens is 1. The lowest BCUT2D eigenvalue weighted by molar-refractivity contribution is -0.123.